The van der Waals surface area contributed by atoms with Gasteiger partial charge in [-0.1, -0.05) is 30.3 Å². The average molecular weight is 525 g/mol. The van der Waals surface area contributed by atoms with E-state index in [1.54, 1.807) is 33.5 Å². The number of ether oxygens (including phenoxy) is 3. The Hall–Kier alpha value is -3.30. The van der Waals surface area contributed by atoms with Crippen LogP contribution in [0.4, 0.5) is 0 Å². The van der Waals surface area contributed by atoms with Gasteiger partial charge in [-0.15, -0.1) is 0 Å². The van der Waals surface area contributed by atoms with Crippen LogP contribution in [-0.2, 0) is 22.6 Å². The molecule has 0 atom stereocenters. The number of likely N-dealkylation sites (tertiary alicyclic amines) is 1. The number of carbonyl (C=O) groups excluding carboxylic acids is 2. The van der Waals surface area contributed by atoms with Crippen molar-refractivity contribution in [2.24, 2.45) is 0 Å². The highest BCUT2D eigenvalue weighted by molar-refractivity contribution is 5.81. The highest BCUT2D eigenvalue weighted by Crippen LogP contribution is 2.38. The lowest BCUT2D eigenvalue weighted by Gasteiger charge is -2.36. The van der Waals surface area contributed by atoms with Crippen LogP contribution in [0.2, 0.25) is 0 Å². The Labute approximate surface area is 225 Å². The molecule has 206 valence electrons. The molecule has 2 fully saturated rings. The van der Waals surface area contributed by atoms with Gasteiger partial charge in [0.2, 0.25) is 17.6 Å². The number of nitrogens with one attached hydrogen (secondary N) is 1. The van der Waals surface area contributed by atoms with Crippen molar-refractivity contribution < 1.29 is 23.8 Å². The fourth-order valence-electron chi connectivity index (χ4n) is 5.21. The molecule has 2 saturated heterocycles. The van der Waals surface area contributed by atoms with Gasteiger partial charge >= 0.3 is 0 Å². The summed E-state index contributed by atoms with van der Waals surface area (Å²) in [4.78, 5) is 32.0. The predicted molar refractivity (Wildman–Crippen MR) is 146 cm³/mol. The van der Waals surface area contributed by atoms with Crippen LogP contribution in [0.25, 0.3) is 0 Å². The topological polar surface area (TPSA) is 83.6 Å². The zero-order valence-corrected chi connectivity index (χ0v) is 22.8. The zero-order chi connectivity index (χ0) is 26.9. The molecule has 2 aliphatic rings. The molecule has 2 heterocycles. The quantitative estimate of drug-likeness (QED) is 0.510. The Morgan fingerprint density at radius 3 is 1.92 bits per heavy atom. The Bertz CT molecular complexity index is 1040. The third-order valence-electron chi connectivity index (χ3n) is 7.44. The number of piperazine rings is 1. The summed E-state index contributed by atoms with van der Waals surface area (Å²) < 4.78 is 16.2. The number of rotatable bonds is 10. The molecule has 0 saturated carbocycles. The number of hydrogen-bond acceptors (Lipinski definition) is 7. The van der Waals surface area contributed by atoms with E-state index in [4.69, 9.17) is 14.2 Å². The maximum atomic E-state index is 13.0. The van der Waals surface area contributed by atoms with Crippen molar-refractivity contribution >= 4 is 11.8 Å². The predicted octanol–water partition coefficient (Wildman–Crippen LogP) is 2.18. The summed E-state index contributed by atoms with van der Waals surface area (Å²) in [5.74, 6) is 1.68. The van der Waals surface area contributed by atoms with Crippen molar-refractivity contribution in [1.29, 1.82) is 0 Å². The van der Waals surface area contributed by atoms with Crippen LogP contribution in [0.1, 0.15) is 24.0 Å². The Kier molecular flexibility index (Phi) is 9.84. The molecule has 0 aromatic heterocycles. The van der Waals surface area contributed by atoms with Gasteiger partial charge in [0.1, 0.15) is 0 Å². The van der Waals surface area contributed by atoms with Crippen molar-refractivity contribution in [2.45, 2.75) is 31.8 Å². The lowest BCUT2D eigenvalue weighted by Crippen LogP contribution is -2.53. The molecular weight excluding hydrogens is 484 g/mol. The summed E-state index contributed by atoms with van der Waals surface area (Å²) in [5, 5.41) is 3.47. The summed E-state index contributed by atoms with van der Waals surface area (Å²) in [6.45, 7) is 5.58. The first kappa shape index (κ1) is 27.7. The van der Waals surface area contributed by atoms with E-state index in [0.717, 1.165) is 38.0 Å². The molecule has 0 spiro atoms. The molecule has 2 amide bonds. The molecule has 2 aromatic carbocycles. The maximum absolute atomic E-state index is 13.0. The van der Waals surface area contributed by atoms with Crippen LogP contribution >= 0.6 is 0 Å². The molecule has 0 unspecified atom stereocenters. The second-order valence-electron chi connectivity index (χ2n) is 9.89. The van der Waals surface area contributed by atoms with Crippen LogP contribution in [0.5, 0.6) is 17.2 Å². The minimum atomic E-state index is 0.0201. The van der Waals surface area contributed by atoms with Gasteiger partial charge in [-0.2, -0.15) is 0 Å². The number of methoxy groups -OCH3 is 3. The van der Waals surface area contributed by atoms with Crippen molar-refractivity contribution in [1.82, 2.24) is 20.0 Å². The van der Waals surface area contributed by atoms with E-state index >= 15 is 0 Å². The minimum absolute atomic E-state index is 0.0201. The van der Waals surface area contributed by atoms with E-state index in [-0.39, 0.29) is 18.2 Å². The van der Waals surface area contributed by atoms with Gasteiger partial charge in [0.15, 0.2) is 11.5 Å². The number of amides is 2. The molecule has 0 bridgehead atoms. The van der Waals surface area contributed by atoms with Crippen molar-refractivity contribution in [3.8, 4) is 17.2 Å². The molecule has 0 radical (unpaired) electrons. The molecular formula is C29H40N4O5. The van der Waals surface area contributed by atoms with Crippen LogP contribution < -0.4 is 19.5 Å². The summed E-state index contributed by atoms with van der Waals surface area (Å²) in [5.41, 5.74) is 2.14. The van der Waals surface area contributed by atoms with E-state index in [0.29, 0.717) is 56.0 Å². The van der Waals surface area contributed by atoms with Crippen LogP contribution in [0, 0.1) is 0 Å². The monoisotopic (exact) mass is 524 g/mol. The van der Waals surface area contributed by atoms with Crippen LogP contribution in [0.3, 0.4) is 0 Å². The normalized spacial score (nSPS) is 16.8. The molecule has 9 heteroatoms. The number of carbonyl (C=O) groups is 2. The largest absolute Gasteiger partial charge is 0.493 e. The molecule has 0 aliphatic carbocycles. The molecule has 4 rings (SSSR count). The maximum Gasteiger partial charge on any atom is 0.236 e. The first-order valence-corrected chi connectivity index (χ1v) is 13.3. The van der Waals surface area contributed by atoms with Crippen molar-refractivity contribution in [3.05, 3.63) is 53.6 Å². The summed E-state index contributed by atoms with van der Waals surface area (Å²) >= 11 is 0. The van der Waals surface area contributed by atoms with Gasteiger partial charge in [-0.3, -0.25) is 14.5 Å². The lowest BCUT2D eigenvalue weighted by atomic mass is 10.0. The fraction of sp³-hybridized carbons (Fsp3) is 0.517. The van der Waals surface area contributed by atoms with Crippen LogP contribution in [0.15, 0.2) is 42.5 Å². The van der Waals surface area contributed by atoms with E-state index in [2.05, 4.69) is 34.5 Å². The molecule has 1 N–H and O–H groups in total. The van der Waals surface area contributed by atoms with E-state index in [9.17, 15) is 9.59 Å². The minimum Gasteiger partial charge on any atom is -0.493 e. The average Bonchev–Trinajstić information content (AvgIpc) is 2.96. The summed E-state index contributed by atoms with van der Waals surface area (Å²) in [7, 11) is 4.67. The molecule has 9 nitrogen and oxygen atoms in total. The number of nitrogens with zero attached hydrogens (tertiary/aromatic N) is 3. The molecule has 38 heavy (non-hydrogen) atoms. The SMILES string of the molecule is COc1cc(CC(=O)N2CCN(C(=O)CNC3CCN(Cc4ccccc4)CC3)CC2)cc(OC)c1OC. The molecule has 2 aliphatic heterocycles. The second-order valence-corrected chi connectivity index (χ2v) is 9.89. The van der Waals surface area contributed by atoms with E-state index in [1.165, 1.54) is 5.56 Å². The second kappa shape index (κ2) is 13.5. The van der Waals surface area contributed by atoms with Gasteiger partial charge < -0.3 is 29.3 Å². The Morgan fingerprint density at radius 1 is 0.789 bits per heavy atom. The smallest absolute Gasteiger partial charge is 0.236 e. The standard InChI is InChI=1S/C29H40N4O5/c1-36-25-17-23(18-26(37-2)29(25)38-3)19-27(34)32-13-15-33(16-14-32)28(35)20-30-24-9-11-31(12-10-24)21-22-7-5-4-6-8-22/h4-8,17-18,24,30H,9-16,19-21H2,1-3H3. The first-order valence-electron chi connectivity index (χ1n) is 13.3. The number of piperidine rings is 1. The lowest BCUT2D eigenvalue weighted by molar-refractivity contribution is -0.138. The van der Waals surface area contributed by atoms with Crippen molar-refractivity contribution in [2.75, 3.05) is 67.1 Å². The Balaban J connectivity index is 1.18. The van der Waals surface area contributed by atoms with E-state index in [1.807, 2.05) is 15.9 Å². The number of benzene rings is 2. The van der Waals surface area contributed by atoms with Crippen LogP contribution in [-0.4, -0.2) is 99.7 Å². The van der Waals surface area contributed by atoms with Gasteiger partial charge in [0, 0.05) is 38.8 Å². The van der Waals surface area contributed by atoms with Gasteiger partial charge in [-0.25, -0.2) is 0 Å². The summed E-state index contributed by atoms with van der Waals surface area (Å²) in [6, 6.07) is 14.5. The van der Waals surface area contributed by atoms with E-state index < -0.39 is 0 Å². The zero-order valence-electron chi connectivity index (χ0n) is 22.8. The first-order chi connectivity index (χ1) is 18.5. The Morgan fingerprint density at radius 2 is 1.37 bits per heavy atom. The summed E-state index contributed by atoms with van der Waals surface area (Å²) in [6.07, 6.45) is 2.32. The third-order valence-corrected chi connectivity index (χ3v) is 7.44. The highest BCUT2D eigenvalue weighted by Gasteiger charge is 2.26. The van der Waals surface area contributed by atoms with Crippen molar-refractivity contribution in [3.63, 3.8) is 0 Å². The molecule has 2 aromatic rings. The highest BCUT2D eigenvalue weighted by atomic mass is 16.5. The van der Waals surface area contributed by atoms with Gasteiger partial charge in [-0.05, 0) is 49.2 Å². The van der Waals surface area contributed by atoms with Gasteiger partial charge in [0.05, 0.1) is 34.3 Å². The number of hydrogen-bond donors (Lipinski definition) is 1. The third kappa shape index (κ3) is 7.17. The van der Waals surface area contributed by atoms with Gasteiger partial charge in [0.25, 0.3) is 0 Å². The fourth-order valence-corrected chi connectivity index (χ4v) is 5.21.